The maximum absolute atomic E-state index is 2.30. The summed E-state index contributed by atoms with van der Waals surface area (Å²) in [5.74, 6) is 1.38. The van der Waals surface area contributed by atoms with Crippen LogP contribution in [0, 0.1) is 0 Å². The second-order valence-corrected chi connectivity index (χ2v) is 4.78. The molecule has 0 aliphatic heterocycles. The van der Waals surface area contributed by atoms with Crippen LogP contribution in [0.25, 0.3) is 0 Å². The molecule has 0 bridgehead atoms. The van der Waals surface area contributed by atoms with Crippen molar-refractivity contribution in [1.29, 1.82) is 0 Å². The van der Waals surface area contributed by atoms with Crippen LogP contribution in [0.5, 0.6) is 0 Å². The zero-order valence-corrected chi connectivity index (χ0v) is 9.75. The molecule has 0 saturated carbocycles. The summed E-state index contributed by atoms with van der Waals surface area (Å²) < 4.78 is 0. The Hall–Kier alpha value is 0.350. The van der Waals surface area contributed by atoms with Gasteiger partial charge >= 0.3 is 0 Å². The van der Waals surface area contributed by atoms with Gasteiger partial charge in [-0.3, -0.25) is 0 Å². The fraction of sp³-hybridized carbons (Fsp3) is 1.00. The van der Waals surface area contributed by atoms with Gasteiger partial charge < -0.3 is 0 Å². The second kappa shape index (κ2) is 9.44. The van der Waals surface area contributed by atoms with Gasteiger partial charge in [-0.1, -0.05) is 40.0 Å². The molecule has 0 aliphatic rings. The van der Waals surface area contributed by atoms with E-state index in [2.05, 4.69) is 32.5 Å². The summed E-state index contributed by atoms with van der Waals surface area (Å²) in [6.07, 6.45) is 8.32. The van der Waals surface area contributed by atoms with Gasteiger partial charge in [0.1, 0.15) is 0 Å². The number of rotatable bonds is 8. The lowest BCUT2D eigenvalue weighted by atomic mass is 10.2. The molecule has 0 heterocycles. The van der Waals surface area contributed by atoms with E-state index in [1.807, 2.05) is 0 Å². The fourth-order valence-corrected chi connectivity index (χ4v) is 2.48. The van der Waals surface area contributed by atoms with Crippen LogP contribution in [0.1, 0.15) is 59.3 Å². The molecule has 0 aromatic carbocycles. The molecule has 0 aromatic rings. The van der Waals surface area contributed by atoms with Crippen molar-refractivity contribution in [3.8, 4) is 0 Å². The van der Waals surface area contributed by atoms with Crippen molar-refractivity contribution in [2.24, 2.45) is 0 Å². The molecule has 0 nitrogen and oxygen atoms in total. The largest absolute Gasteiger partial charge is 0.159 e. The van der Waals surface area contributed by atoms with Crippen molar-refractivity contribution >= 4 is 11.8 Å². The van der Waals surface area contributed by atoms with E-state index in [-0.39, 0.29) is 0 Å². The van der Waals surface area contributed by atoms with E-state index in [9.17, 15) is 0 Å². The first-order valence-corrected chi connectivity index (χ1v) is 6.51. The van der Waals surface area contributed by atoms with Crippen LogP contribution in [0.15, 0.2) is 0 Å². The van der Waals surface area contributed by atoms with Gasteiger partial charge in [0, 0.05) is 5.25 Å². The minimum atomic E-state index is 0.923. The first kappa shape index (κ1) is 12.3. The zero-order chi connectivity index (χ0) is 9.23. The van der Waals surface area contributed by atoms with Gasteiger partial charge in [-0.15, -0.1) is 0 Å². The summed E-state index contributed by atoms with van der Waals surface area (Å²) in [6, 6.07) is 0. The van der Waals surface area contributed by atoms with Crippen molar-refractivity contribution in [3.63, 3.8) is 0 Å². The van der Waals surface area contributed by atoms with Gasteiger partial charge in [0.2, 0.25) is 0 Å². The van der Waals surface area contributed by atoms with Crippen LogP contribution in [-0.4, -0.2) is 11.0 Å². The fourth-order valence-electron chi connectivity index (χ4n) is 1.30. The monoisotopic (exact) mass is 188 g/mol. The molecule has 0 radical (unpaired) electrons. The molecule has 0 N–H and O–H groups in total. The minimum Gasteiger partial charge on any atom is -0.159 e. The van der Waals surface area contributed by atoms with Crippen LogP contribution in [0.3, 0.4) is 0 Å². The van der Waals surface area contributed by atoms with Crippen molar-refractivity contribution < 1.29 is 0 Å². The number of thioether (sulfide) groups is 1. The lowest BCUT2D eigenvalue weighted by molar-refractivity contribution is 0.703. The average Bonchev–Trinajstić information content (AvgIpc) is 2.11. The van der Waals surface area contributed by atoms with E-state index in [4.69, 9.17) is 0 Å². The molecule has 0 spiro atoms. The number of hydrogen-bond donors (Lipinski definition) is 0. The predicted octanol–water partition coefficient (Wildman–Crippen LogP) is 4.49. The van der Waals surface area contributed by atoms with Crippen molar-refractivity contribution in [1.82, 2.24) is 0 Å². The lowest BCUT2D eigenvalue weighted by Crippen LogP contribution is -1.99. The first-order chi connectivity index (χ1) is 5.85. The van der Waals surface area contributed by atoms with Gasteiger partial charge in [0.25, 0.3) is 0 Å². The Morgan fingerprint density at radius 3 is 2.08 bits per heavy atom. The lowest BCUT2D eigenvalue weighted by Gasteiger charge is -2.10. The Morgan fingerprint density at radius 1 is 0.917 bits per heavy atom. The first-order valence-electron chi connectivity index (χ1n) is 5.46. The zero-order valence-electron chi connectivity index (χ0n) is 8.94. The highest BCUT2D eigenvalue weighted by Gasteiger charge is 2.01. The Kier molecular flexibility index (Phi) is 9.71. The summed E-state index contributed by atoms with van der Waals surface area (Å²) in [4.78, 5) is 0. The third-order valence-electron chi connectivity index (χ3n) is 2.26. The highest BCUT2D eigenvalue weighted by atomic mass is 32.2. The smallest absolute Gasteiger partial charge is 0.00418 e. The number of unbranched alkanes of at least 4 members (excludes halogenated alkanes) is 3. The van der Waals surface area contributed by atoms with Crippen molar-refractivity contribution in [2.75, 3.05) is 5.75 Å². The molecule has 74 valence electrons. The predicted molar refractivity (Wildman–Crippen MR) is 61.0 cm³/mol. The molecular weight excluding hydrogens is 164 g/mol. The van der Waals surface area contributed by atoms with Gasteiger partial charge in [0.05, 0.1) is 0 Å². The Labute approximate surface area is 82.5 Å². The Bertz CT molecular complexity index is 77.1. The molecule has 1 heteroatoms. The van der Waals surface area contributed by atoms with Crippen LogP contribution in [-0.2, 0) is 0 Å². The summed E-state index contributed by atoms with van der Waals surface area (Å²) in [5, 5.41) is 0.923. The quantitative estimate of drug-likeness (QED) is 0.506. The molecule has 0 amide bonds. The molecule has 0 aromatic heterocycles. The molecule has 0 atom stereocenters. The van der Waals surface area contributed by atoms with Crippen molar-refractivity contribution in [3.05, 3.63) is 0 Å². The van der Waals surface area contributed by atoms with E-state index >= 15 is 0 Å². The standard InChI is InChI=1S/C11H24S/c1-4-7-8-9-10-12-11(5-2)6-3/h11H,4-10H2,1-3H3. The third-order valence-corrected chi connectivity index (χ3v) is 3.92. The average molecular weight is 188 g/mol. The van der Waals surface area contributed by atoms with Gasteiger partial charge in [-0.05, 0) is 25.0 Å². The molecular formula is C11H24S. The van der Waals surface area contributed by atoms with E-state index < -0.39 is 0 Å². The van der Waals surface area contributed by atoms with Gasteiger partial charge in [-0.2, -0.15) is 11.8 Å². The van der Waals surface area contributed by atoms with E-state index in [1.54, 1.807) is 0 Å². The SMILES string of the molecule is CCCCCCSC(CC)CC. The highest BCUT2D eigenvalue weighted by Crippen LogP contribution is 2.19. The topological polar surface area (TPSA) is 0 Å². The molecule has 0 rings (SSSR count). The van der Waals surface area contributed by atoms with Crippen LogP contribution in [0.4, 0.5) is 0 Å². The third kappa shape index (κ3) is 7.02. The summed E-state index contributed by atoms with van der Waals surface area (Å²) in [7, 11) is 0. The number of hydrogen-bond acceptors (Lipinski definition) is 1. The molecule has 0 saturated heterocycles. The van der Waals surface area contributed by atoms with Gasteiger partial charge in [0.15, 0.2) is 0 Å². The van der Waals surface area contributed by atoms with Gasteiger partial charge in [-0.25, -0.2) is 0 Å². The molecule has 0 unspecified atom stereocenters. The van der Waals surface area contributed by atoms with E-state index in [0.29, 0.717) is 0 Å². The summed E-state index contributed by atoms with van der Waals surface area (Å²) >= 11 is 2.17. The molecule has 0 aliphatic carbocycles. The minimum absolute atomic E-state index is 0.923. The van der Waals surface area contributed by atoms with Crippen molar-refractivity contribution in [2.45, 2.75) is 64.5 Å². The van der Waals surface area contributed by atoms with Crippen LogP contribution in [0.2, 0.25) is 0 Å². The normalized spacial score (nSPS) is 11.0. The summed E-state index contributed by atoms with van der Waals surface area (Å²) in [6.45, 7) is 6.87. The maximum atomic E-state index is 2.30. The van der Waals surface area contributed by atoms with Crippen LogP contribution >= 0.6 is 11.8 Å². The maximum Gasteiger partial charge on any atom is 0.00418 e. The summed E-state index contributed by atoms with van der Waals surface area (Å²) in [5.41, 5.74) is 0. The van der Waals surface area contributed by atoms with E-state index in [0.717, 1.165) is 5.25 Å². The molecule has 12 heavy (non-hydrogen) atoms. The molecule has 0 fully saturated rings. The second-order valence-electron chi connectivity index (χ2n) is 3.37. The Balaban J connectivity index is 3.06. The Morgan fingerprint density at radius 2 is 1.58 bits per heavy atom. The highest BCUT2D eigenvalue weighted by molar-refractivity contribution is 7.99. The van der Waals surface area contributed by atoms with E-state index in [1.165, 1.54) is 44.3 Å². The van der Waals surface area contributed by atoms with Crippen LogP contribution < -0.4 is 0 Å².